The van der Waals surface area contributed by atoms with E-state index in [0.29, 0.717) is 0 Å². The molecule has 2 aliphatic heterocycles. The lowest BCUT2D eigenvalue weighted by atomic mass is 10.2. The Hall–Kier alpha value is -1.27. The number of anilines is 2. The Kier molecular flexibility index (Phi) is 3.84. The Balaban J connectivity index is 1.92. The number of rotatable bonds is 3. The van der Waals surface area contributed by atoms with Gasteiger partial charge in [-0.2, -0.15) is 0 Å². The van der Waals surface area contributed by atoms with Crippen molar-refractivity contribution in [2.45, 2.75) is 24.5 Å². The second-order valence-electron chi connectivity index (χ2n) is 5.49. The van der Waals surface area contributed by atoms with Crippen molar-refractivity contribution < 1.29 is 13.2 Å². The molecule has 1 amide bonds. The van der Waals surface area contributed by atoms with Crippen LogP contribution in [0.5, 0.6) is 0 Å². The summed E-state index contributed by atoms with van der Waals surface area (Å²) >= 11 is 0. The maximum absolute atomic E-state index is 12.2. The number of amides is 1. The quantitative estimate of drug-likeness (QED) is 0.796. The van der Waals surface area contributed by atoms with Crippen molar-refractivity contribution in [3.05, 3.63) is 24.3 Å². The summed E-state index contributed by atoms with van der Waals surface area (Å²) in [6, 6.07) is 7.66. The Bertz CT molecular complexity index is 656. The minimum Gasteiger partial charge on any atom is -0.370 e. The van der Waals surface area contributed by atoms with E-state index >= 15 is 0 Å². The van der Waals surface area contributed by atoms with Gasteiger partial charge in [-0.05, 0) is 25.0 Å². The lowest BCUT2D eigenvalue weighted by Gasteiger charge is -2.26. The van der Waals surface area contributed by atoms with Crippen LogP contribution in [0.4, 0.5) is 11.4 Å². The van der Waals surface area contributed by atoms with Gasteiger partial charge < -0.3 is 9.80 Å². The van der Waals surface area contributed by atoms with Crippen LogP contribution in [0.25, 0.3) is 0 Å². The third-order valence-electron chi connectivity index (χ3n) is 4.11. The molecule has 0 saturated carbocycles. The molecular formula is C14H17ClN2O3S. The number of hydrogen-bond donors (Lipinski definition) is 0. The highest BCUT2D eigenvalue weighted by molar-refractivity contribution is 8.14. The summed E-state index contributed by atoms with van der Waals surface area (Å²) in [5.74, 6) is -0.184. The summed E-state index contributed by atoms with van der Waals surface area (Å²) in [6.07, 6.45) is 2.24. The number of hydrogen-bond acceptors (Lipinski definition) is 4. The molecular weight excluding hydrogens is 312 g/mol. The van der Waals surface area contributed by atoms with Gasteiger partial charge in [-0.1, -0.05) is 12.1 Å². The van der Waals surface area contributed by atoms with Crippen LogP contribution >= 0.6 is 10.7 Å². The molecule has 2 saturated heterocycles. The van der Waals surface area contributed by atoms with E-state index in [2.05, 4.69) is 4.90 Å². The topological polar surface area (TPSA) is 57.7 Å². The zero-order valence-electron chi connectivity index (χ0n) is 11.5. The minimum atomic E-state index is -3.71. The van der Waals surface area contributed by atoms with E-state index in [9.17, 15) is 13.2 Å². The first-order valence-corrected chi connectivity index (χ1v) is 9.42. The Morgan fingerprint density at radius 1 is 1.10 bits per heavy atom. The van der Waals surface area contributed by atoms with Crippen molar-refractivity contribution in [3.8, 4) is 0 Å². The highest BCUT2D eigenvalue weighted by atomic mass is 35.7. The lowest BCUT2D eigenvalue weighted by molar-refractivity contribution is -0.117. The molecule has 1 aromatic carbocycles. The smallest absolute Gasteiger partial charge is 0.237 e. The fourth-order valence-corrected chi connectivity index (χ4v) is 4.04. The van der Waals surface area contributed by atoms with E-state index in [1.807, 2.05) is 24.3 Å². The minimum absolute atomic E-state index is 0.0415. The van der Waals surface area contributed by atoms with Crippen LogP contribution in [0.1, 0.15) is 19.3 Å². The molecule has 2 heterocycles. The number of para-hydroxylation sites is 2. The fraction of sp³-hybridized carbons (Fsp3) is 0.500. The normalized spacial score (nSPS) is 23.1. The third kappa shape index (κ3) is 2.87. The van der Waals surface area contributed by atoms with E-state index in [-0.39, 0.29) is 18.9 Å². The monoisotopic (exact) mass is 328 g/mol. The number of carbonyl (C=O) groups excluding carboxylic acids is 1. The molecule has 0 radical (unpaired) electrons. The van der Waals surface area contributed by atoms with Gasteiger partial charge in [0.25, 0.3) is 0 Å². The molecule has 2 aliphatic rings. The van der Waals surface area contributed by atoms with E-state index in [0.717, 1.165) is 37.3 Å². The first-order chi connectivity index (χ1) is 9.97. The largest absolute Gasteiger partial charge is 0.370 e. The fourth-order valence-electron chi connectivity index (χ4n) is 3.01. The molecule has 2 fully saturated rings. The average Bonchev–Trinajstić information content (AvgIpc) is 3.07. The molecule has 1 unspecified atom stereocenters. The molecule has 0 N–H and O–H groups in total. The van der Waals surface area contributed by atoms with E-state index < -0.39 is 14.3 Å². The van der Waals surface area contributed by atoms with Crippen LogP contribution in [0.2, 0.25) is 0 Å². The van der Waals surface area contributed by atoms with E-state index in [1.165, 1.54) is 0 Å². The molecule has 0 bridgehead atoms. The average molecular weight is 329 g/mol. The van der Waals surface area contributed by atoms with Crippen LogP contribution in [0.3, 0.4) is 0 Å². The van der Waals surface area contributed by atoms with E-state index in [4.69, 9.17) is 10.7 Å². The highest BCUT2D eigenvalue weighted by Crippen LogP contribution is 2.35. The molecule has 114 valence electrons. The van der Waals surface area contributed by atoms with Gasteiger partial charge in [0, 0.05) is 36.7 Å². The molecule has 5 nitrogen and oxygen atoms in total. The molecule has 1 aromatic rings. The van der Waals surface area contributed by atoms with Gasteiger partial charge in [-0.3, -0.25) is 4.79 Å². The maximum Gasteiger partial charge on any atom is 0.237 e. The summed E-state index contributed by atoms with van der Waals surface area (Å²) in [6.45, 7) is 2.07. The maximum atomic E-state index is 12.2. The molecule has 21 heavy (non-hydrogen) atoms. The predicted molar refractivity (Wildman–Crippen MR) is 83.4 cm³/mol. The van der Waals surface area contributed by atoms with Crippen molar-refractivity contribution >= 4 is 37.0 Å². The van der Waals surface area contributed by atoms with Gasteiger partial charge in [-0.15, -0.1) is 0 Å². The zero-order valence-corrected chi connectivity index (χ0v) is 13.1. The van der Waals surface area contributed by atoms with Gasteiger partial charge in [0.15, 0.2) is 0 Å². The molecule has 0 aromatic heterocycles. The van der Waals surface area contributed by atoms with Gasteiger partial charge >= 0.3 is 0 Å². The Morgan fingerprint density at radius 3 is 2.29 bits per heavy atom. The van der Waals surface area contributed by atoms with Crippen molar-refractivity contribution in [2.24, 2.45) is 0 Å². The Labute approximate surface area is 128 Å². The molecule has 1 atom stereocenters. The highest BCUT2D eigenvalue weighted by Gasteiger charge is 2.39. The van der Waals surface area contributed by atoms with Crippen molar-refractivity contribution in [1.82, 2.24) is 0 Å². The van der Waals surface area contributed by atoms with Gasteiger partial charge in [0.05, 0.1) is 11.4 Å². The van der Waals surface area contributed by atoms with Crippen LogP contribution in [-0.2, 0) is 13.8 Å². The standard InChI is InChI=1S/C14H17ClN2O3S/c15-21(19,20)11-9-14(18)17(10-11)13-6-2-1-5-12(13)16-7-3-4-8-16/h1-2,5-6,11H,3-4,7-10H2. The number of benzene rings is 1. The number of nitrogens with zero attached hydrogens (tertiary/aromatic N) is 2. The van der Waals surface area contributed by atoms with Crippen molar-refractivity contribution in [2.75, 3.05) is 29.4 Å². The molecule has 0 spiro atoms. The summed E-state index contributed by atoms with van der Waals surface area (Å²) in [7, 11) is 1.70. The second kappa shape index (κ2) is 5.50. The summed E-state index contributed by atoms with van der Waals surface area (Å²) in [5, 5.41) is -0.821. The van der Waals surface area contributed by atoms with Crippen LogP contribution < -0.4 is 9.80 Å². The van der Waals surface area contributed by atoms with Crippen LogP contribution in [0.15, 0.2) is 24.3 Å². The summed E-state index contributed by atoms with van der Waals surface area (Å²) < 4.78 is 22.9. The summed E-state index contributed by atoms with van der Waals surface area (Å²) in [4.78, 5) is 16.0. The SMILES string of the molecule is O=C1CC(S(=O)(=O)Cl)CN1c1ccccc1N1CCCC1. The second-order valence-corrected chi connectivity index (χ2v) is 8.40. The van der Waals surface area contributed by atoms with E-state index in [1.54, 1.807) is 4.90 Å². The predicted octanol–water partition coefficient (Wildman–Crippen LogP) is 1.96. The third-order valence-corrected chi connectivity index (χ3v) is 5.97. The number of halogens is 1. The van der Waals surface area contributed by atoms with Gasteiger partial charge in [0.1, 0.15) is 5.25 Å². The first kappa shape index (κ1) is 14.7. The molecule has 0 aliphatic carbocycles. The van der Waals surface area contributed by atoms with Gasteiger partial charge in [-0.25, -0.2) is 8.42 Å². The van der Waals surface area contributed by atoms with Crippen LogP contribution in [-0.4, -0.2) is 39.2 Å². The van der Waals surface area contributed by atoms with Gasteiger partial charge in [0.2, 0.25) is 15.0 Å². The van der Waals surface area contributed by atoms with Crippen molar-refractivity contribution in [3.63, 3.8) is 0 Å². The Morgan fingerprint density at radius 2 is 1.71 bits per heavy atom. The van der Waals surface area contributed by atoms with Crippen molar-refractivity contribution in [1.29, 1.82) is 0 Å². The number of carbonyl (C=O) groups is 1. The molecule has 7 heteroatoms. The molecule has 3 rings (SSSR count). The van der Waals surface area contributed by atoms with Crippen LogP contribution in [0, 0.1) is 0 Å². The summed E-state index contributed by atoms with van der Waals surface area (Å²) in [5.41, 5.74) is 1.78. The lowest BCUT2D eigenvalue weighted by Crippen LogP contribution is -2.29. The zero-order chi connectivity index (χ0) is 15.0. The first-order valence-electron chi connectivity index (χ1n) is 7.04.